The highest BCUT2D eigenvalue weighted by Crippen LogP contribution is 2.58. The van der Waals surface area contributed by atoms with Crippen LogP contribution in [0.2, 0.25) is 0 Å². The van der Waals surface area contributed by atoms with Crippen molar-refractivity contribution in [2.75, 3.05) is 19.7 Å². The van der Waals surface area contributed by atoms with Crippen molar-refractivity contribution >= 4 is 23.9 Å². The van der Waals surface area contributed by atoms with Crippen molar-refractivity contribution in [3.63, 3.8) is 0 Å². The first-order chi connectivity index (χ1) is 25.3. The summed E-state index contributed by atoms with van der Waals surface area (Å²) in [5.74, 6) is -1.46. The molecular weight excluding hydrogens is 666 g/mol. The number of fused-ring (bicyclic) bond motifs is 5. The molecular formula is C40H57N3O9. The highest BCUT2D eigenvalue weighted by molar-refractivity contribution is 5.93. The lowest BCUT2D eigenvalue weighted by molar-refractivity contribution is -0.224. The number of hydrogen-bond acceptors (Lipinski definition) is 10. The van der Waals surface area contributed by atoms with Gasteiger partial charge in [-0.3, -0.25) is 19.2 Å². The predicted octanol–water partition coefficient (Wildman–Crippen LogP) is 4.32. The van der Waals surface area contributed by atoms with E-state index in [9.17, 15) is 14.4 Å². The molecule has 1 aromatic carbocycles. The van der Waals surface area contributed by atoms with Gasteiger partial charge in [0.05, 0.1) is 25.4 Å². The summed E-state index contributed by atoms with van der Waals surface area (Å²) >= 11 is 0. The van der Waals surface area contributed by atoms with Gasteiger partial charge < -0.3 is 34.7 Å². The maximum Gasteiger partial charge on any atom is 0.327 e. The summed E-state index contributed by atoms with van der Waals surface area (Å²) in [7, 11) is 0. The number of hydrogen-bond donors (Lipinski definition) is 3. The number of amides is 2. The van der Waals surface area contributed by atoms with Crippen LogP contribution < -0.4 is 10.6 Å². The Hall–Kier alpha value is -2.87. The molecule has 0 aromatic heterocycles. The van der Waals surface area contributed by atoms with Crippen molar-refractivity contribution in [2.24, 2.45) is 11.3 Å². The summed E-state index contributed by atoms with van der Waals surface area (Å²) < 4.78 is 25.6. The van der Waals surface area contributed by atoms with E-state index in [1.165, 1.54) is 0 Å². The van der Waals surface area contributed by atoms with Crippen LogP contribution in [0.5, 0.6) is 0 Å². The highest BCUT2D eigenvalue weighted by Gasteiger charge is 2.76. The second-order valence-electron chi connectivity index (χ2n) is 15.7. The molecule has 0 radical (unpaired) electrons. The van der Waals surface area contributed by atoms with Gasteiger partial charge in [-0.15, -0.1) is 0 Å². The average Bonchev–Trinajstić information content (AvgIpc) is 3.69. The summed E-state index contributed by atoms with van der Waals surface area (Å²) in [5.41, 5.74) is 0.726. The van der Waals surface area contributed by atoms with E-state index in [1.54, 1.807) is 5.06 Å². The van der Waals surface area contributed by atoms with Gasteiger partial charge in [0.2, 0.25) is 11.8 Å². The molecule has 7 rings (SSSR count). The largest absolute Gasteiger partial charge is 0.458 e. The fraction of sp³-hybridized carbons (Fsp3) is 0.725. The summed E-state index contributed by atoms with van der Waals surface area (Å²) in [6, 6.07) is 7.20. The third-order valence-electron chi connectivity index (χ3n) is 12.0. The summed E-state index contributed by atoms with van der Waals surface area (Å²) in [4.78, 5) is 47.5. The SMILES string of the molecule is CCCCCC1(CCCCC)OC2C3CC4(C(=O)NCCC(=O)NCCO)C(ON(Cc5ccc(C=CC6CCC7OC7C6)cc5)C4C(=O)O3)C2O1. The lowest BCUT2D eigenvalue weighted by Gasteiger charge is -2.48. The van der Waals surface area contributed by atoms with Gasteiger partial charge in [0.25, 0.3) is 0 Å². The van der Waals surface area contributed by atoms with E-state index < -0.39 is 47.6 Å². The normalized spacial score (nSPS) is 34.1. The van der Waals surface area contributed by atoms with Gasteiger partial charge in [-0.05, 0) is 49.1 Å². The number of benzene rings is 1. The van der Waals surface area contributed by atoms with Crippen molar-refractivity contribution in [1.82, 2.24) is 15.7 Å². The van der Waals surface area contributed by atoms with Gasteiger partial charge in [-0.1, -0.05) is 75.9 Å². The number of carbonyl (C=O) groups excluding carboxylic acids is 3. The molecule has 1 aromatic rings. The van der Waals surface area contributed by atoms with E-state index >= 15 is 0 Å². The molecule has 9 unspecified atom stereocenters. The second kappa shape index (κ2) is 16.2. The van der Waals surface area contributed by atoms with Crippen molar-refractivity contribution in [3.8, 4) is 0 Å². The highest BCUT2D eigenvalue weighted by atomic mass is 16.8. The Morgan fingerprint density at radius 3 is 2.40 bits per heavy atom. The van der Waals surface area contributed by atoms with Crippen LogP contribution in [0, 0.1) is 11.3 Å². The minimum Gasteiger partial charge on any atom is -0.458 e. The van der Waals surface area contributed by atoms with Crippen molar-refractivity contribution in [2.45, 2.75) is 152 Å². The first-order valence-electron chi connectivity index (χ1n) is 19.9. The number of rotatable bonds is 18. The number of aliphatic hydroxyl groups is 1. The monoisotopic (exact) mass is 723 g/mol. The maximum absolute atomic E-state index is 14.5. The Bertz CT molecular complexity index is 1440. The zero-order valence-electron chi connectivity index (χ0n) is 30.8. The Kier molecular flexibility index (Phi) is 11.7. The first kappa shape index (κ1) is 37.4. The number of allylic oxidation sites excluding steroid dienone is 1. The molecule has 12 nitrogen and oxygen atoms in total. The molecule has 6 aliphatic rings. The number of hydroxylamine groups is 2. The fourth-order valence-corrected chi connectivity index (χ4v) is 9.21. The lowest BCUT2D eigenvalue weighted by Crippen LogP contribution is -2.69. The second-order valence-corrected chi connectivity index (χ2v) is 15.7. The summed E-state index contributed by atoms with van der Waals surface area (Å²) in [5, 5.41) is 16.3. The van der Waals surface area contributed by atoms with Crippen molar-refractivity contribution < 1.29 is 43.3 Å². The Morgan fingerprint density at radius 2 is 1.69 bits per heavy atom. The van der Waals surface area contributed by atoms with Gasteiger partial charge in [0, 0.05) is 38.8 Å². The topological polar surface area (TPSA) is 148 Å². The number of aliphatic hydroxyl groups excluding tert-OH is 1. The molecule has 52 heavy (non-hydrogen) atoms. The molecule has 4 saturated heterocycles. The van der Waals surface area contributed by atoms with Crippen LogP contribution in [0.4, 0.5) is 0 Å². The molecule has 4 heterocycles. The molecule has 286 valence electrons. The van der Waals surface area contributed by atoms with Crippen LogP contribution in [0.25, 0.3) is 6.08 Å². The predicted molar refractivity (Wildman–Crippen MR) is 191 cm³/mol. The number of ether oxygens (including phenoxy) is 4. The number of esters is 1. The van der Waals surface area contributed by atoms with Gasteiger partial charge >= 0.3 is 5.97 Å². The quantitative estimate of drug-likeness (QED) is 0.114. The molecule has 4 aliphatic heterocycles. The number of epoxide rings is 1. The summed E-state index contributed by atoms with van der Waals surface area (Å²) in [6.07, 6.45) is 14.0. The molecule has 2 aliphatic carbocycles. The minimum absolute atomic E-state index is 0.0374. The first-order valence-corrected chi connectivity index (χ1v) is 19.9. The smallest absolute Gasteiger partial charge is 0.327 e. The van der Waals surface area contributed by atoms with Crippen LogP contribution in [0.3, 0.4) is 0 Å². The molecule has 0 spiro atoms. The molecule has 6 fully saturated rings. The molecule has 2 bridgehead atoms. The van der Waals surface area contributed by atoms with Crippen LogP contribution in [-0.2, 0) is 44.7 Å². The van der Waals surface area contributed by atoms with E-state index in [2.05, 4.69) is 48.8 Å². The molecule has 12 heteroatoms. The van der Waals surface area contributed by atoms with Crippen molar-refractivity contribution in [3.05, 3.63) is 41.5 Å². The van der Waals surface area contributed by atoms with E-state index in [0.29, 0.717) is 18.1 Å². The van der Waals surface area contributed by atoms with Gasteiger partial charge in [0.1, 0.15) is 29.8 Å². The Labute approximate surface area is 307 Å². The molecule has 9 atom stereocenters. The third-order valence-corrected chi connectivity index (χ3v) is 12.0. The zero-order valence-corrected chi connectivity index (χ0v) is 30.8. The molecule has 2 saturated carbocycles. The zero-order chi connectivity index (χ0) is 36.3. The van der Waals surface area contributed by atoms with E-state index in [0.717, 1.165) is 81.8 Å². The van der Waals surface area contributed by atoms with Gasteiger partial charge in [0.15, 0.2) is 11.8 Å². The Balaban J connectivity index is 1.12. The number of nitrogens with zero attached hydrogens (tertiary/aromatic N) is 1. The van der Waals surface area contributed by atoms with Crippen LogP contribution >= 0.6 is 0 Å². The molecule has 2 amide bonds. The van der Waals surface area contributed by atoms with E-state index in [-0.39, 0.29) is 50.9 Å². The van der Waals surface area contributed by atoms with Gasteiger partial charge in [-0.25, -0.2) is 0 Å². The van der Waals surface area contributed by atoms with E-state index in [1.807, 2.05) is 12.1 Å². The maximum atomic E-state index is 14.5. The standard InChI is InChI=1S/C40H57N3O9/c1-3-5-7-18-39(19-8-6-4-2)50-33-31-24-40(38(47)42-20-17-32(45)41-21-22-44)35(37(46)49-31)43(52-36(40)34(33)51-39)25-28-13-10-26(11-14-28)9-12-27-15-16-29-30(23-27)48-29/h9-14,27,29-31,33-36,44H,3-8,15-25H2,1-2H3,(H,41,45)(H,42,47). The number of nitrogens with one attached hydrogen (secondary N) is 2. The molecule has 3 N–H and O–H groups in total. The number of unbranched alkanes of at least 4 members (excludes halogenated alkanes) is 4. The Morgan fingerprint density at radius 1 is 0.942 bits per heavy atom. The minimum atomic E-state index is -1.30. The van der Waals surface area contributed by atoms with Crippen LogP contribution in [0.1, 0.15) is 108 Å². The lowest BCUT2D eigenvalue weighted by atomic mass is 9.62. The van der Waals surface area contributed by atoms with Crippen LogP contribution in [0.15, 0.2) is 30.3 Å². The van der Waals surface area contributed by atoms with Crippen LogP contribution in [-0.4, -0.2) is 96.1 Å². The third kappa shape index (κ3) is 7.70. The summed E-state index contributed by atoms with van der Waals surface area (Å²) in [6.45, 7) is 4.65. The number of carbonyl (C=O) groups is 3. The van der Waals surface area contributed by atoms with Crippen molar-refractivity contribution in [1.29, 1.82) is 0 Å². The van der Waals surface area contributed by atoms with E-state index in [4.69, 9.17) is 28.9 Å². The fourth-order valence-electron chi connectivity index (χ4n) is 9.21. The average molecular weight is 724 g/mol. The van der Waals surface area contributed by atoms with Gasteiger partial charge in [-0.2, -0.15) is 5.06 Å².